The van der Waals surface area contributed by atoms with Crippen LogP contribution in [-0.2, 0) is 6.42 Å². The van der Waals surface area contributed by atoms with Crippen LogP contribution in [0.2, 0.25) is 0 Å². The van der Waals surface area contributed by atoms with Crippen LogP contribution in [-0.4, -0.2) is 6.72 Å². The number of fused-ring (bicyclic) bond motifs is 3. The highest BCUT2D eigenvalue weighted by Gasteiger charge is 2.18. The number of nitrogens with zero attached hydrogens (tertiary/aromatic N) is 1. The summed E-state index contributed by atoms with van der Waals surface area (Å²) in [5, 5.41) is 8.73. The Morgan fingerprint density at radius 3 is 1.68 bits per heavy atom. The second kappa shape index (κ2) is 12.4. The Morgan fingerprint density at radius 1 is 0.553 bits per heavy atom. The van der Waals surface area contributed by atoms with Gasteiger partial charge in [-0.25, -0.2) is 0 Å². The highest BCUT2D eigenvalue weighted by Crippen LogP contribution is 2.44. The summed E-state index contributed by atoms with van der Waals surface area (Å²) in [6, 6.07) is 54.0. The van der Waals surface area contributed by atoms with E-state index in [-0.39, 0.29) is 0 Å². The van der Waals surface area contributed by atoms with Crippen molar-refractivity contribution in [3.05, 3.63) is 180 Å². The van der Waals surface area contributed by atoms with E-state index in [0.717, 1.165) is 41.1 Å². The molecule has 224 valence electrons. The number of hydrogen-bond donors (Lipinski definition) is 1. The minimum absolute atomic E-state index is 0.811. The Kier molecular flexibility index (Phi) is 7.53. The van der Waals surface area contributed by atoms with Gasteiger partial charge >= 0.3 is 0 Å². The molecule has 0 unspecified atom stereocenters. The zero-order valence-corrected chi connectivity index (χ0v) is 26.2. The van der Waals surface area contributed by atoms with Crippen molar-refractivity contribution in [2.75, 3.05) is 5.32 Å². The molecule has 0 aliphatic heterocycles. The lowest BCUT2D eigenvalue weighted by molar-refractivity contribution is 0.986. The topological polar surface area (TPSA) is 24.4 Å². The van der Waals surface area contributed by atoms with Gasteiger partial charge in [0.25, 0.3) is 0 Å². The molecule has 1 aliphatic rings. The molecule has 0 bridgehead atoms. The van der Waals surface area contributed by atoms with Crippen LogP contribution in [0.15, 0.2) is 163 Å². The number of aryl methyl sites for hydroxylation is 1. The third-order valence-corrected chi connectivity index (χ3v) is 9.19. The fourth-order valence-electron chi connectivity index (χ4n) is 6.98. The van der Waals surface area contributed by atoms with Crippen LogP contribution in [0, 0.1) is 0 Å². The van der Waals surface area contributed by atoms with Gasteiger partial charge in [0.05, 0.1) is 11.4 Å². The van der Waals surface area contributed by atoms with E-state index in [2.05, 4.69) is 144 Å². The lowest BCUT2D eigenvalue weighted by Crippen LogP contribution is -2.02. The molecule has 0 atom stereocenters. The number of allylic oxidation sites excluding steroid dienone is 1. The van der Waals surface area contributed by atoms with Crippen molar-refractivity contribution in [1.82, 2.24) is 0 Å². The van der Waals surface area contributed by atoms with E-state index in [0.29, 0.717) is 0 Å². The molecule has 0 fully saturated rings. The van der Waals surface area contributed by atoms with Gasteiger partial charge in [0, 0.05) is 16.8 Å². The number of aliphatic imine (C=N–C) groups is 1. The standard InChI is InChI=1S/C45H34N2/c1-46-44(33-15-4-2-5-16-33)45(34-17-6-3-7-18-34)47-37-28-26-32(27-29-37)42-38-20-10-12-22-40(38)43(41-23-13-11-21-39(41)42)36-25-24-31-14-8-9-19-35(31)30-36/h2-7,9-13,15-30,47H,1,8,14H2/b45-44-. The molecule has 0 spiro atoms. The molecule has 0 saturated heterocycles. The van der Waals surface area contributed by atoms with E-state index in [1.165, 1.54) is 54.9 Å². The van der Waals surface area contributed by atoms with Gasteiger partial charge in [-0.05, 0) is 92.7 Å². The molecular formula is C45H34N2. The average Bonchev–Trinajstić information content (AvgIpc) is 3.14. The number of nitrogens with one attached hydrogen (secondary N) is 1. The van der Waals surface area contributed by atoms with Crippen LogP contribution in [0.1, 0.15) is 28.7 Å². The van der Waals surface area contributed by atoms with Crippen LogP contribution in [0.3, 0.4) is 0 Å². The number of anilines is 1. The van der Waals surface area contributed by atoms with Gasteiger partial charge in [-0.3, -0.25) is 4.99 Å². The van der Waals surface area contributed by atoms with E-state index in [1.54, 1.807) is 0 Å². The first kappa shape index (κ1) is 28.5. The second-order valence-corrected chi connectivity index (χ2v) is 12.0. The molecule has 47 heavy (non-hydrogen) atoms. The lowest BCUT2D eigenvalue weighted by Gasteiger charge is -2.19. The summed E-state index contributed by atoms with van der Waals surface area (Å²) >= 11 is 0. The van der Waals surface area contributed by atoms with Crippen molar-refractivity contribution in [2.45, 2.75) is 12.8 Å². The van der Waals surface area contributed by atoms with Gasteiger partial charge < -0.3 is 5.32 Å². The molecule has 8 rings (SSSR count). The molecule has 0 heterocycles. The van der Waals surface area contributed by atoms with Crippen molar-refractivity contribution >= 4 is 51.4 Å². The van der Waals surface area contributed by atoms with Gasteiger partial charge in [0.1, 0.15) is 0 Å². The molecule has 0 saturated carbocycles. The lowest BCUT2D eigenvalue weighted by atomic mass is 9.84. The Morgan fingerprint density at radius 2 is 1.09 bits per heavy atom. The van der Waals surface area contributed by atoms with Crippen LogP contribution < -0.4 is 5.32 Å². The summed E-state index contributed by atoms with van der Waals surface area (Å²) in [7, 11) is 0. The summed E-state index contributed by atoms with van der Waals surface area (Å²) < 4.78 is 0. The summed E-state index contributed by atoms with van der Waals surface area (Å²) in [5.74, 6) is 0. The molecule has 0 aromatic heterocycles. The van der Waals surface area contributed by atoms with E-state index in [9.17, 15) is 0 Å². The smallest absolute Gasteiger partial charge is 0.0935 e. The molecule has 0 amide bonds. The molecule has 7 aromatic rings. The van der Waals surface area contributed by atoms with Crippen molar-refractivity contribution in [1.29, 1.82) is 0 Å². The first-order valence-corrected chi connectivity index (χ1v) is 16.2. The monoisotopic (exact) mass is 602 g/mol. The summed E-state index contributed by atoms with van der Waals surface area (Å²) in [4.78, 5) is 4.48. The molecule has 1 aliphatic carbocycles. The predicted octanol–water partition coefficient (Wildman–Crippen LogP) is 11.9. The van der Waals surface area contributed by atoms with E-state index in [4.69, 9.17) is 0 Å². The van der Waals surface area contributed by atoms with Gasteiger partial charge in [-0.15, -0.1) is 0 Å². The quantitative estimate of drug-likeness (QED) is 0.110. The first-order chi connectivity index (χ1) is 23.3. The zero-order chi connectivity index (χ0) is 31.6. The largest absolute Gasteiger partial charge is 0.353 e. The van der Waals surface area contributed by atoms with Crippen molar-refractivity contribution in [2.24, 2.45) is 4.99 Å². The van der Waals surface area contributed by atoms with Gasteiger partial charge in [0.2, 0.25) is 0 Å². The van der Waals surface area contributed by atoms with Crippen LogP contribution in [0.4, 0.5) is 5.69 Å². The number of benzene rings is 7. The summed E-state index contributed by atoms with van der Waals surface area (Å²) in [6.45, 7) is 3.94. The fourth-order valence-corrected chi connectivity index (χ4v) is 6.98. The number of hydrogen-bond acceptors (Lipinski definition) is 2. The molecular weight excluding hydrogens is 569 g/mol. The maximum atomic E-state index is 4.48. The zero-order valence-electron chi connectivity index (χ0n) is 26.2. The van der Waals surface area contributed by atoms with Crippen LogP contribution in [0.5, 0.6) is 0 Å². The highest BCUT2D eigenvalue weighted by atomic mass is 14.9. The average molecular weight is 603 g/mol. The Bertz CT molecular complexity index is 2250. The third kappa shape index (κ3) is 5.34. The Labute approximate surface area is 276 Å². The third-order valence-electron chi connectivity index (χ3n) is 9.19. The minimum Gasteiger partial charge on any atom is -0.353 e. The Hall–Kier alpha value is -5.99. The normalized spacial score (nSPS) is 12.9. The fraction of sp³-hybridized carbons (Fsp3) is 0.0444. The SMILES string of the molecule is C=N/C(=C(\Nc1ccc(-c2c3ccccc3c(-c3ccc4c(c3)C=CCC4)c3ccccc23)cc1)c1ccccc1)c1ccccc1. The second-order valence-electron chi connectivity index (χ2n) is 12.0. The van der Waals surface area contributed by atoms with Crippen molar-refractivity contribution < 1.29 is 0 Å². The van der Waals surface area contributed by atoms with E-state index in [1.807, 2.05) is 36.4 Å². The van der Waals surface area contributed by atoms with Gasteiger partial charge in [0.15, 0.2) is 0 Å². The summed E-state index contributed by atoms with van der Waals surface area (Å²) in [6.07, 6.45) is 6.80. The Balaban J connectivity index is 1.25. The van der Waals surface area contributed by atoms with Gasteiger partial charge in [-0.1, -0.05) is 146 Å². The molecule has 7 aromatic carbocycles. The maximum absolute atomic E-state index is 4.48. The first-order valence-electron chi connectivity index (χ1n) is 16.2. The molecule has 2 heteroatoms. The molecule has 2 nitrogen and oxygen atoms in total. The minimum atomic E-state index is 0.811. The van der Waals surface area contributed by atoms with E-state index < -0.39 is 0 Å². The summed E-state index contributed by atoms with van der Waals surface area (Å²) in [5.41, 5.74) is 12.5. The van der Waals surface area contributed by atoms with Crippen LogP contribution >= 0.6 is 0 Å². The molecule has 1 N–H and O–H groups in total. The van der Waals surface area contributed by atoms with Crippen molar-refractivity contribution in [3.63, 3.8) is 0 Å². The van der Waals surface area contributed by atoms with Crippen LogP contribution in [0.25, 0.3) is 61.3 Å². The molecule has 0 radical (unpaired) electrons. The van der Waals surface area contributed by atoms with Crippen molar-refractivity contribution in [3.8, 4) is 22.3 Å². The highest BCUT2D eigenvalue weighted by molar-refractivity contribution is 6.21. The predicted molar refractivity (Wildman–Crippen MR) is 203 cm³/mol. The number of rotatable bonds is 7. The van der Waals surface area contributed by atoms with Gasteiger partial charge in [-0.2, -0.15) is 0 Å². The maximum Gasteiger partial charge on any atom is 0.0935 e. The van der Waals surface area contributed by atoms with E-state index >= 15 is 0 Å².